The highest BCUT2D eigenvalue weighted by atomic mass is 16.5. The third-order valence-electron chi connectivity index (χ3n) is 6.04. The van der Waals surface area contributed by atoms with Crippen LogP contribution in [0.3, 0.4) is 0 Å². The normalized spacial score (nSPS) is 22.7. The number of nitriles is 1. The Balaban J connectivity index is 1.79. The van der Waals surface area contributed by atoms with Gasteiger partial charge in [-0.3, -0.25) is 0 Å². The Kier molecular flexibility index (Phi) is 9.02. The molecule has 0 radical (unpaired) electrons. The molecule has 26 heavy (non-hydrogen) atoms. The predicted molar refractivity (Wildman–Crippen MR) is 109 cm³/mol. The van der Waals surface area contributed by atoms with Gasteiger partial charge in [0.2, 0.25) is 0 Å². The average Bonchev–Trinajstić information content (AvgIpc) is 2.69. The second-order valence-corrected chi connectivity index (χ2v) is 8.07. The minimum Gasteiger partial charge on any atom is -0.494 e. The van der Waals surface area contributed by atoms with Crippen LogP contribution in [0.25, 0.3) is 0 Å². The van der Waals surface area contributed by atoms with Crippen molar-refractivity contribution in [3.8, 4) is 11.8 Å². The SMILES string of the molecule is CCCCCCCCOc1ccc(C2(C#N)CCC(CCC)CC2)cc1. The molecule has 1 fully saturated rings. The fraction of sp³-hybridized carbons (Fsp3) is 0.708. The van der Waals surface area contributed by atoms with E-state index >= 15 is 0 Å². The molecule has 0 aliphatic heterocycles. The molecular formula is C24H37NO. The zero-order chi connectivity index (χ0) is 18.7. The van der Waals surface area contributed by atoms with Gasteiger partial charge in [0.15, 0.2) is 0 Å². The van der Waals surface area contributed by atoms with Crippen molar-refractivity contribution in [2.24, 2.45) is 5.92 Å². The Hall–Kier alpha value is -1.49. The lowest BCUT2D eigenvalue weighted by Gasteiger charge is -2.35. The number of hydrogen-bond donors (Lipinski definition) is 0. The van der Waals surface area contributed by atoms with E-state index in [4.69, 9.17) is 4.74 Å². The van der Waals surface area contributed by atoms with Gasteiger partial charge in [0.05, 0.1) is 18.1 Å². The first-order chi connectivity index (χ1) is 12.7. The summed E-state index contributed by atoms with van der Waals surface area (Å²) < 4.78 is 5.89. The van der Waals surface area contributed by atoms with Crippen LogP contribution in [-0.4, -0.2) is 6.61 Å². The van der Waals surface area contributed by atoms with Crippen molar-refractivity contribution in [3.63, 3.8) is 0 Å². The molecule has 1 aromatic carbocycles. The van der Waals surface area contributed by atoms with Gasteiger partial charge in [-0.25, -0.2) is 0 Å². The Labute approximate surface area is 161 Å². The van der Waals surface area contributed by atoms with E-state index in [9.17, 15) is 5.26 Å². The van der Waals surface area contributed by atoms with Gasteiger partial charge < -0.3 is 4.74 Å². The van der Waals surface area contributed by atoms with E-state index < -0.39 is 0 Å². The number of ether oxygens (including phenoxy) is 1. The number of hydrogen-bond acceptors (Lipinski definition) is 2. The van der Waals surface area contributed by atoms with Crippen molar-refractivity contribution >= 4 is 0 Å². The van der Waals surface area contributed by atoms with Crippen LogP contribution in [0.5, 0.6) is 5.75 Å². The van der Waals surface area contributed by atoms with E-state index in [0.29, 0.717) is 0 Å². The van der Waals surface area contributed by atoms with E-state index in [2.05, 4.69) is 44.2 Å². The van der Waals surface area contributed by atoms with E-state index in [-0.39, 0.29) is 5.41 Å². The molecule has 0 N–H and O–H groups in total. The minimum absolute atomic E-state index is 0.276. The maximum Gasteiger partial charge on any atom is 0.119 e. The maximum atomic E-state index is 9.86. The van der Waals surface area contributed by atoms with E-state index in [1.165, 1.54) is 63.4 Å². The van der Waals surface area contributed by atoms with Crippen LogP contribution in [0.2, 0.25) is 0 Å². The van der Waals surface area contributed by atoms with E-state index in [1.807, 2.05) is 0 Å². The zero-order valence-electron chi connectivity index (χ0n) is 16.9. The third kappa shape index (κ3) is 6.04. The zero-order valence-corrected chi connectivity index (χ0v) is 16.9. The summed E-state index contributed by atoms with van der Waals surface area (Å²) in [5, 5.41) is 9.86. The molecule has 1 aromatic rings. The number of unbranched alkanes of at least 4 members (excludes halogenated alkanes) is 5. The summed E-state index contributed by atoms with van der Waals surface area (Å²) in [5.74, 6) is 1.76. The predicted octanol–water partition coefficient (Wildman–Crippen LogP) is 7.18. The molecule has 2 rings (SSSR count). The fourth-order valence-electron chi connectivity index (χ4n) is 4.27. The van der Waals surface area contributed by atoms with Crippen molar-refractivity contribution in [1.82, 2.24) is 0 Å². The van der Waals surface area contributed by atoms with Gasteiger partial charge in [-0.1, -0.05) is 70.9 Å². The Morgan fingerprint density at radius 1 is 0.962 bits per heavy atom. The number of nitrogens with zero attached hydrogens (tertiary/aromatic N) is 1. The second-order valence-electron chi connectivity index (χ2n) is 8.07. The summed E-state index contributed by atoms with van der Waals surface area (Å²) in [6.45, 7) is 5.31. The summed E-state index contributed by atoms with van der Waals surface area (Å²) in [5.41, 5.74) is 0.907. The quantitative estimate of drug-likeness (QED) is 0.394. The molecule has 1 aliphatic carbocycles. The highest BCUT2D eigenvalue weighted by Gasteiger charge is 2.36. The lowest BCUT2D eigenvalue weighted by molar-refractivity contribution is 0.265. The molecule has 0 bridgehead atoms. The first-order valence-corrected chi connectivity index (χ1v) is 10.9. The van der Waals surface area contributed by atoms with Crippen LogP contribution < -0.4 is 4.74 Å². The largest absolute Gasteiger partial charge is 0.494 e. The smallest absolute Gasteiger partial charge is 0.119 e. The van der Waals surface area contributed by atoms with Crippen LogP contribution in [0, 0.1) is 17.2 Å². The summed E-state index contributed by atoms with van der Waals surface area (Å²) in [4.78, 5) is 0. The number of rotatable bonds is 11. The topological polar surface area (TPSA) is 33.0 Å². The molecule has 2 heteroatoms. The van der Waals surface area contributed by atoms with Gasteiger partial charge in [-0.05, 0) is 55.7 Å². The second kappa shape index (κ2) is 11.3. The van der Waals surface area contributed by atoms with Gasteiger partial charge in [-0.2, -0.15) is 5.26 Å². The Morgan fingerprint density at radius 3 is 2.23 bits per heavy atom. The maximum absolute atomic E-state index is 9.86. The minimum atomic E-state index is -0.276. The highest BCUT2D eigenvalue weighted by Crippen LogP contribution is 2.42. The van der Waals surface area contributed by atoms with Gasteiger partial charge in [0.25, 0.3) is 0 Å². The fourth-order valence-corrected chi connectivity index (χ4v) is 4.27. The van der Waals surface area contributed by atoms with Crippen molar-refractivity contribution in [2.75, 3.05) is 6.61 Å². The van der Waals surface area contributed by atoms with Gasteiger partial charge in [-0.15, -0.1) is 0 Å². The van der Waals surface area contributed by atoms with Crippen molar-refractivity contribution in [2.45, 2.75) is 96.3 Å². The van der Waals surface area contributed by atoms with Crippen molar-refractivity contribution in [1.29, 1.82) is 5.26 Å². The van der Waals surface area contributed by atoms with Crippen LogP contribution in [0.1, 0.15) is 96.5 Å². The van der Waals surface area contributed by atoms with Gasteiger partial charge >= 0.3 is 0 Å². The third-order valence-corrected chi connectivity index (χ3v) is 6.04. The molecule has 0 heterocycles. The first-order valence-electron chi connectivity index (χ1n) is 10.9. The summed E-state index contributed by atoms with van der Waals surface area (Å²) in [6, 6.07) is 11.0. The van der Waals surface area contributed by atoms with Crippen molar-refractivity contribution in [3.05, 3.63) is 29.8 Å². The van der Waals surface area contributed by atoms with Crippen LogP contribution >= 0.6 is 0 Å². The monoisotopic (exact) mass is 355 g/mol. The summed E-state index contributed by atoms with van der Waals surface area (Å²) in [6.07, 6.45) is 14.7. The van der Waals surface area contributed by atoms with Crippen LogP contribution in [-0.2, 0) is 5.41 Å². The molecular weight excluding hydrogens is 318 g/mol. The summed E-state index contributed by atoms with van der Waals surface area (Å²) >= 11 is 0. The first kappa shape index (κ1) is 20.8. The number of benzene rings is 1. The van der Waals surface area contributed by atoms with E-state index in [1.54, 1.807) is 0 Å². The molecule has 0 saturated heterocycles. The molecule has 144 valence electrons. The molecule has 1 aliphatic rings. The molecule has 1 saturated carbocycles. The molecule has 0 atom stereocenters. The molecule has 0 aromatic heterocycles. The molecule has 0 spiro atoms. The van der Waals surface area contributed by atoms with Gasteiger partial charge in [0.1, 0.15) is 5.75 Å². The molecule has 2 nitrogen and oxygen atoms in total. The lowest BCUT2D eigenvalue weighted by atomic mass is 9.67. The molecule has 0 amide bonds. The van der Waals surface area contributed by atoms with Crippen LogP contribution in [0.15, 0.2) is 24.3 Å². The average molecular weight is 356 g/mol. The Morgan fingerprint density at radius 2 is 1.62 bits per heavy atom. The standard InChI is InChI=1S/C24H37NO/c1-3-5-6-7-8-9-19-26-23-13-11-22(12-14-23)24(20-25)17-15-21(10-4-2)16-18-24/h11-14,21H,3-10,15-19H2,1-2H3. The molecule has 0 unspecified atom stereocenters. The van der Waals surface area contributed by atoms with Gasteiger partial charge in [0, 0.05) is 0 Å². The highest BCUT2D eigenvalue weighted by molar-refractivity contribution is 5.37. The van der Waals surface area contributed by atoms with Crippen molar-refractivity contribution < 1.29 is 4.74 Å². The van der Waals surface area contributed by atoms with E-state index in [0.717, 1.165) is 37.5 Å². The lowest BCUT2D eigenvalue weighted by Crippen LogP contribution is -2.30. The summed E-state index contributed by atoms with van der Waals surface area (Å²) in [7, 11) is 0. The van der Waals surface area contributed by atoms with Crippen LogP contribution in [0.4, 0.5) is 0 Å². The Bertz CT molecular complexity index is 534.